The van der Waals surface area contributed by atoms with E-state index < -0.39 is 0 Å². The molecule has 1 aliphatic carbocycles. The monoisotopic (exact) mass is 240 g/mol. The Hall–Kier alpha value is -0.120. The zero-order valence-electron chi connectivity index (χ0n) is 11.5. The Kier molecular flexibility index (Phi) is 5.26. The smallest absolute Gasteiger partial charge is 0.0601 e. The highest BCUT2D eigenvalue weighted by Gasteiger charge is 2.28. The molecule has 2 aliphatic rings. The molecule has 1 aliphatic heterocycles. The van der Waals surface area contributed by atoms with E-state index in [2.05, 4.69) is 17.1 Å². The number of likely N-dealkylation sites (tertiary alicyclic amines) is 1. The Morgan fingerprint density at radius 3 is 2.59 bits per heavy atom. The van der Waals surface area contributed by atoms with Crippen LogP contribution in [0, 0.1) is 5.92 Å². The number of ether oxygens (including phenoxy) is 1. The molecule has 0 aromatic heterocycles. The summed E-state index contributed by atoms with van der Waals surface area (Å²) in [6, 6.07) is 0.723. The van der Waals surface area contributed by atoms with Crippen LogP contribution >= 0.6 is 0 Å². The van der Waals surface area contributed by atoms with E-state index in [0.717, 1.165) is 12.0 Å². The van der Waals surface area contributed by atoms with Crippen molar-refractivity contribution in [3.05, 3.63) is 0 Å². The van der Waals surface area contributed by atoms with Crippen LogP contribution < -0.4 is 5.32 Å². The van der Waals surface area contributed by atoms with Gasteiger partial charge in [0.05, 0.1) is 6.10 Å². The van der Waals surface area contributed by atoms with Crippen LogP contribution in [-0.2, 0) is 4.74 Å². The van der Waals surface area contributed by atoms with Crippen LogP contribution in [0.3, 0.4) is 0 Å². The maximum Gasteiger partial charge on any atom is 0.0601 e. The van der Waals surface area contributed by atoms with Crippen molar-refractivity contribution in [2.24, 2.45) is 5.92 Å². The maximum atomic E-state index is 5.28. The molecule has 0 bridgehead atoms. The summed E-state index contributed by atoms with van der Waals surface area (Å²) < 4.78 is 5.28. The van der Waals surface area contributed by atoms with Crippen LogP contribution in [0.1, 0.15) is 39.0 Å². The molecule has 1 N–H and O–H groups in total. The van der Waals surface area contributed by atoms with Gasteiger partial charge in [0.25, 0.3) is 0 Å². The van der Waals surface area contributed by atoms with Gasteiger partial charge in [-0.2, -0.15) is 0 Å². The van der Waals surface area contributed by atoms with Crippen LogP contribution in [0.5, 0.6) is 0 Å². The summed E-state index contributed by atoms with van der Waals surface area (Å²) in [5.74, 6) is 0.949. The van der Waals surface area contributed by atoms with Gasteiger partial charge in [0.2, 0.25) is 0 Å². The summed E-state index contributed by atoms with van der Waals surface area (Å²) in [4.78, 5) is 2.63. The fourth-order valence-corrected chi connectivity index (χ4v) is 2.82. The lowest BCUT2D eigenvalue weighted by Gasteiger charge is -2.35. The van der Waals surface area contributed by atoms with E-state index in [1.807, 2.05) is 7.11 Å². The molecule has 0 atom stereocenters. The zero-order chi connectivity index (χ0) is 12.1. The van der Waals surface area contributed by atoms with Gasteiger partial charge in [-0.15, -0.1) is 0 Å². The summed E-state index contributed by atoms with van der Waals surface area (Å²) in [7, 11) is 1.82. The molecule has 2 rings (SSSR count). The summed E-state index contributed by atoms with van der Waals surface area (Å²) in [5.41, 5.74) is 0. The number of hydrogen-bond acceptors (Lipinski definition) is 3. The zero-order valence-corrected chi connectivity index (χ0v) is 11.5. The van der Waals surface area contributed by atoms with E-state index in [1.54, 1.807) is 0 Å². The van der Waals surface area contributed by atoms with Crippen molar-refractivity contribution in [1.29, 1.82) is 0 Å². The predicted molar refractivity (Wildman–Crippen MR) is 71.3 cm³/mol. The van der Waals surface area contributed by atoms with Crippen LogP contribution in [0.4, 0.5) is 0 Å². The van der Waals surface area contributed by atoms with E-state index in [4.69, 9.17) is 4.74 Å². The third-order valence-corrected chi connectivity index (χ3v) is 4.39. The van der Waals surface area contributed by atoms with Crippen LogP contribution in [0.15, 0.2) is 0 Å². The molecule has 0 unspecified atom stereocenters. The van der Waals surface area contributed by atoms with Crippen molar-refractivity contribution in [2.75, 3.05) is 33.3 Å². The predicted octanol–water partition coefficient (Wildman–Crippen LogP) is 1.88. The average Bonchev–Trinajstić information content (AvgIpc) is 2.29. The molecule has 3 nitrogen and oxygen atoms in total. The van der Waals surface area contributed by atoms with Gasteiger partial charge in [0, 0.05) is 13.2 Å². The molecule has 100 valence electrons. The van der Waals surface area contributed by atoms with Gasteiger partial charge >= 0.3 is 0 Å². The summed E-state index contributed by atoms with van der Waals surface area (Å²) >= 11 is 0. The van der Waals surface area contributed by atoms with Crippen LogP contribution in [0.25, 0.3) is 0 Å². The minimum atomic E-state index is 0.524. The van der Waals surface area contributed by atoms with E-state index in [0.29, 0.717) is 6.10 Å². The molecule has 0 radical (unpaired) electrons. The minimum Gasteiger partial charge on any atom is -0.381 e. The molecule has 1 saturated carbocycles. The number of nitrogens with one attached hydrogen (secondary N) is 1. The fraction of sp³-hybridized carbons (Fsp3) is 1.00. The quantitative estimate of drug-likeness (QED) is 0.717. The van der Waals surface area contributed by atoms with Gasteiger partial charge in [-0.25, -0.2) is 0 Å². The van der Waals surface area contributed by atoms with Gasteiger partial charge in [-0.05, 0) is 64.2 Å². The van der Waals surface area contributed by atoms with Crippen molar-refractivity contribution >= 4 is 0 Å². The molecular formula is C14H28N2O. The Morgan fingerprint density at radius 2 is 1.94 bits per heavy atom. The Bertz CT molecular complexity index is 208. The van der Waals surface area contributed by atoms with Gasteiger partial charge < -0.3 is 15.0 Å². The normalized spacial score (nSPS) is 31.4. The second-order valence-electron chi connectivity index (χ2n) is 5.86. The van der Waals surface area contributed by atoms with Crippen molar-refractivity contribution < 1.29 is 4.74 Å². The highest BCUT2D eigenvalue weighted by molar-refractivity contribution is 4.85. The number of hydrogen-bond donors (Lipinski definition) is 1. The number of rotatable bonds is 6. The Balaban J connectivity index is 1.44. The van der Waals surface area contributed by atoms with Crippen LogP contribution in [-0.4, -0.2) is 50.3 Å². The first kappa shape index (κ1) is 13.3. The molecular weight excluding hydrogens is 212 g/mol. The third-order valence-electron chi connectivity index (χ3n) is 4.39. The van der Waals surface area contributed by atoms with Crippen LogP contribution in [0.2, 0.25) is 0 Å². The molecule has 2 fully saturated rings. The summed E-state index contributed by atoms with van der Waals surface area (Å²) in [6.45, 7) is 7.46. The van der Waals surface area contributed by atoms with E-state index in [1.165, 1.54) is 58.3 Å². The summed E-state index contributed by atoms with van der Waals surface area (Å²) in [5, 5.41) is 3.63. The van der Waals surface area contributed by atoms with Gasteiger partial charge in [0.15, 0.2) is 0 Å². The minimum absolute atomic E-state index is 0.524. The number of methoxy groups -OCH3 is 1. The third kappa shape index (κ3) is 4.23. The van der Waals surface area contributed by atoms with Crippen molar-refractivity contribution in [2.45, 2.75) is 51.2 Å². The lowest BCUT2D eigenvalue weighted by Crippen LogP contribution is -2.45. The van der Waals surface area contributed by atoms with Crippen molar-refractivity contribution in [3.8, 4) is 0 Å². The highest BCUT2D eigenvalue weighted by atomic mass is 16.5. The first-order chi connectivity index (χ1) is 8.28. The topological polar surface area (TPSA) is 24.5 Å². The molecule has 0 aromatic rings. The Morgan fingerprint density at radius 1 is 1.24 bits per heavy atom. The first-order valence-electron chi connectivity index (χ1n) is 7.26. The van der Waals surface area contributed by atoms with Gasteiger partial charge in [-0.3, -0.25) is 0 Å². The maximum absolute atomic E-state index is 5.28. The molecule has 0 aromatic carbocycles. The second kappa shape index (κ2) is 6.72. The van der Waals surface area contributed by atoms with Crippen molar-refractivity contribution in [1.82, 2.24) is 10.2 Å². The molecule has 3 heteroatoms. The van der Waals surface area contributed by atoms with Gasteiger partial charge in [0.1, 0.15) is 0 Å². The molecule has 1 saturated heterocycles. The lowest BCUT2D eigenvalue weighted by molar-refractivity contribution is 0.0173. The first-order valence-corrected chi connectivity index (χ1v) is 7.26. The SMILES string of the molecule is COC1CC(NCCCN2CCC(C)CC2)C1. The number of nitrogens with zero attached hydrogens (tertiary/aromatic N) is 1. The molecule has 17 heavy (non-hydrogen) atoms. The van der Waals surface area contributed by atoms with E-state index in [9.17, 15) is 0 Å². The highest BCUT2D eigenvalue weighted by Crippen LogP contribution is 2.22. The second-order valence-corrected chi connectivity index (χ2v) is 5.86. The summed E-state index contributed by atoms with van der Waals surface area (Å²) in [6.07, 6.45) is 7.02. The lowest BCUT2D eigenvalue weighted by atomic mass is 9.89. The average molecular weight is 240 g/mol. The standard InChI is InChI=1S/C14H28N2O/c1-12-4-8-16(9-5-12)7-3-6-15-13-10-14(11-13)17-2/h12-15H,3-11H2,1-2H3. The van der Waals surface area contributed by atoms with Gasteiger partial charge in [-0.1, -0.05) is 6.92 Å². The van der Waals surface area contributed by atoms with Crippen molar-refractivity contribution in [3.63, 3.8) is 0 Å². The Labute approximate surface area is 106 Å². The fourth-order valence-electron chi connectivity index (χ4n) is 2.82. The van der Waals surface area contributed by atoms with E-state index >= 15 is 0 Å². The molecule has 0 spiro atoms. The number of piperidine rings is 1. The molecule has 0 amide bonds. The largest absolute Gasteiger partial charge is 0.381 e. The van der Waals surface area contributed by atoms with E-state index in [-0.39, 0.29) is 0 Å². The molecule has 1 heterocycles.